The first-order chi connectivity index (χ1) is 6.49. The second-order valence-electron chi connectivity index (χ2n) is 2.21. The smallest absolute Gasteiger partial charge is 0.302 e. The van der Waals surface area contributed by atoms with Crippen LogP contribution in [0.15, 0.2) is 36.9 Å². The van der Waals surface area contributed by atoms with Crippen LogP contribution in [0.1, 0.15) is 5.56 Å². The average Bonchev–Trinajstić information content (AvgIpc) is 2.19. The lowest BCUT2D eigenvalue weighted by Crippen LogP contribution is -1.93. The number of phosphoric acid groups is 1. The van der Waals surface area contributed by atoms with E-state index in [0.717, 1.165) is 0 Å². The lowest BCUT2D eigenvalue weighted by Gasteiger charge is -1.92. The molecule has 0 heterocycles. The summed E-state index contributed by atoms with van der Waals surface area (Å²) in [6.07, 6.45) is 1.83. The van der Waals surface area contributed by atoms with Gasteiger partial charge in [-0.15, -0.1) is 0 Å². The molecule has 1 aromatic carbocycles. The maximum absolute atomic E-state index is 9.35. The van der Waals surface area contributed by atoms with Crippen molar-refractivity contribution < 1.29 is 19.0 Å². The summed E-state index contributed by atoms with van der Waals surface area (Å²) in [6, 6.07) is 10.0. The summed E-state index contributed by atoms with van der Waals surface area (Å²) < 4.78 is 12.5. The largest absolute Gasteiger partial charge is 0.485 e. The quantitative estimate of drug-likeness (QED) is 0.512. The molecule has 0 aliphatic heterocycles. The van der Waals surface area contributed by atoms with Gasteiger partial charge < -0.3 is 9.79 Å². The summed E-state index contributed by atoms with van der Waals surface area (Å²) in [6.45, 7) is 3.63. The fourth-order valence-corrected chi connectivity index (χ4v) is 0.589. The average molecular weight is 217 g/mol. The van der Waals surface area contributed by atoms with Crippen molar-refractivity contribution in [2.24, 2.45) is 5.90 Å². The number of hydrogen-bond donors (Lipinski definition) is 3. The molecule has 0 radical (unpaired) electrons. The van der Waals surface area contributed by atoms with Gasteiger partial charge in [-0.3, -0.25) is 0 Å². The van der Waals surface area contributed by atoms with Gasteiger partial charge in [-0.25, -0.2) is 15.1 Å². The molecule has 0 aromatic heterocycles. The van der Waals surface area contributed by atoms with Gasteiger partial charge >= 0.3 is 7.82 Å². The third kappa shape index (κ3) is 7.67. The van der Waals surface area contributed by atoms with Crippen LogP contribution in [0.25, 0.3) is 6.08 Å². The predicted molar refractivity (Wildman–Crippen MR) is 53.8 cm³/mol. The molecule has 0 saturated heterocycles. The standard InChI is InChI=1S/C8H8.H4NO4P/c1-2-8-6-4-3-5-7-8;1-5-6(2,3)4/h2-7H,1H2;1H2,(H2,2,3,4). The maximum Gasteiger partial charge on any atom is 0.485 e. The van der Waals surface area contributed by atoms with E-state index in [9.17, 15) is 4.57 Å². The molecule has 0 bridgehead atoms. The summed E-state index contributed by atoms with van der Waals surface area (Å²) in [5.41, 5.74) is 1.17. The molecular formula is C8H12NO4P. The van der Waals surface area contributed by atoms with E-state index in [1.807, 2.05) is 36.4 Å². The van der Waals surface area contributed by atoms with Gasteiger partial charge in [0, 0.05) is 0 Å². The molecule has 78 valence electrons. The summed E-state index contributed by atoms with van der Waals surface area (Å²) >= 11 is 0. The highest BCUT2D eigenvalue weighted by Gasteiger charge is 2.08. The fraction of sp³-hybridized carbons (Fsp3) is 0. The monoisotopic (exact) mass is 217 g/mol. The van der Waals surface area contributed by atoms with Crippen LogP contribution in [0.5, 0.6) is 0 Å². The Morgan fingerprint density at radius 3 is 2.00 bits per heavy atom. The Kier molecular flexibility index (Phi) is 6.03. The van der Waals surface area contributed by atoms with Crippen LogP contribution in [0.2, 0.25) is 0 Å². The Balaban J connectivity index is 0.000000255. The molecule has 14 heavy (non-hydrogen) atoms. The van der Waals surface area contributed by atoms with Gasteiger partial charge in [-0.05, 0) is 5.56 Å². The SMILES string of the molecule is C=Cc1ccccc1.NOP(=O)(O)O. The number of nitrogens with two attached hydrogens (primary N) is 1. The topological polar surface area (TPSA) is 92.8 Å². The molecule has 0 unspecified atom stereocenters. The Hall–Kier alpha value is -0.970. The minimum atomic E-state index is -4.37. The maximum atomic E-state index is 9.35. The molecule has 0 atom stereocenters. The molecule has 5 nitrogen and oxygen atoms in total. The first-order valence-electron chi connectivity index (χ1n) is 3.61. The molecular weight excluding hydrogens is 205 g/mol. The van der Waals surface area contributed by atoms with Gasteiger partial charge in [0.2, 0.25) is 0 Å². The number of hydrogen-bond acceptors (Lipinski definition) is 3. The molecule has 0 spiro atoms. The second-order valence-corrected chi connectivity index (χ2v) is 3.40. The summed E-state index contributed by atoms with van der Waals surface area (Å²) in [5, 5.41) is 0. The van der Waals surface area contributed by atoms with E-state index in [-0.39, 0.29) is 0 Å². The van der Waals surface area contributed by atoms with Gasteiger partial charge in [0.05, 0.1) is 0 Å². The second kappa shape index (κ2) is 6.48. The first-order valence-corrected chi connectivity index (χ1v) is 5.14. The van der Waals surface area contributed by atoms with Gasteiger partial charge in [0.25, 0.3) is 0 Å². The van der Waals surface area contributed by atoms with Crippen molar-refractivity contribution in [1.29, 1.82) is 0 Å². The lowest BCUT2D eigenvalue weighted by atomic mass is 10.2. The van der Waals surface area contributed by atoms with Crippen molar-refractivity contribution in [2.75, 3.05) is 0 Å². The van der Waals surface area contributed by atoms with Gasteiger partial charge in [0.1, 0.15) is 0 Å². The van der Waals surface area contributed by atoms with Crippen LogP contribution in [0.4, 0.5) is 0 Å². The van der Waals surface area contributed by atoms with Gasteiger partial charge in [-0.2, -0.15) is 0 Å². The van der Waals surface area contributed by atoms with E-state index in [1.54, 1.807) is 0 Å². The normalized spacial score (nSPS) is 9.93. The van der Waals surface area contributed by atoms with Crippen molar-refractivity contribution in [3.63, 3.8) is 0 Å². The summed E-state index contributed by atoms with van der Waals surface area (Å²) in [5.74, 6) is 4.04. The van der Waals surface area contributed by atoms with Crippen LogP contribution in [-0.4, -0.2) is 9.79 Å². The van der Waals surface area contributed by atoms with Crippen molar-refractivity contribution in [3.8, 4) is 0 Å². The molecule has 0 amide bonds. The van der Waals surface area contributed by atoms with Crippen LogP contribution in [0, 0.1) is 0 Å². The molecule has 0 saturated carbocycles. The van der Waals surface area contributed by atoms with E-state index >= 15 is 0 Å². The highest BCUT2D eigenvalue weighted by Crippen LogP contribution is 2.32. The van der Waals surface area contributed by atoms with Crippen LogP contribution in [0.3, 0.4) is 0 Å². The Labute approximate surface area is 82.0 Å². The van der Waals surface area contributed by atoms with E-state index in [1.165, 1.54) is 5.56 Å². The Morgan fingerprint density at radius 2 is 1.79 bits per heavy atom. The molecule has 1 aromatic rings. The van der Waals surface area contributed by atoms with Crippen molar-refractivity contribution in [2.45, 2.75) is 0 Å². The van der Waals surface area contributed by atoms with E-state index in [0.29, 0.717) is 0 Å². The molecule has 1 rings (SSSR count). The van der Waals surface area contributed by atoms with Crippen LogP contribution < -0.4 is 5.90 Å². The van der Waals surface area contributed by atoms with E-state index < -0.39 is 7.82 Å². The summed E-state index contributed by atoms with van der Waals surface area (Å²) in [4.78, 5) is 15.2. The lowest BCUT2D eigenvalue weighted by molar-refractivity contribution is 0.201. The zero-order valence-electron chi connectivity index (χ0n) is 7.41. The van der Waals surface area contributed by atoms with Crippen LogP contribution in [-0.2, 0) is 9.19 Å². The third-order valence-electron chi connectivity index (χ3n) is 1.17. The Bertz CT molecular complexity index is 308. The zero-order chi connectivity index (χ0) is 11.0. The molecule has 6 heteroatoms. The summed E-state index contributed by atoms with van der Waals surface area (Å²) in [7, 11) is -4.37. The molecule has 0 aliphatic carbocycles. The minimum Gasteiger partial charge on any atom is -0.302 e. The number of benzene rings is 1. The minimum absolute atomic E-state index is 1.17. The van der Waals surface area contributed by atoms with Crippen molar-refractivity contribution >= 4 is 13.9 Å². The highest BCUT2D eigenvalue weighted by atomic mass is 31.2. The van der Waals surface area contributed by atoms with Crippen LogP contribution >= 0.6 is 7.82 Å². The molecule has 0 aliphatic rings. The third-order valence-corrected chi connectivity index (χ3v) is 1.45. The van der Waals surface area contributed by atoms with E-state index in [4.69, 9.17) is 9.79 Å². The highest BCUT2D eigenvalue weighted by molar-refractivity contribution is 7.46. The first kappa shape index (κ1) is 13.0. The molecule has 4 N–H and O–H groups in total. The van der Waals surface area contributed by atoms with E-state index in [2.05, 4.69) is 17.1 Å². The zero-order valence-corrected chi connectivity index (χ0v) is 8.30. The van der Waals surface area contributed by atoms with Crippen molar-refractivity contribution in [3.05, 3.63) is 42.5 Å². The predicted octanol–water partition coefficient (Wildman–Crippen LogP) is 1.30. The van der Waals surface area contributed by atoms with Gasteiger partial charge in [0.15, 0.2) is 0 Å². The Morgan fingerprint density at radius 1 is 1.36 bits per heavy atom. The van der Waals surface area contributed by atoms with Gasteiger partial charge in [-0.1, -0.05) is 43.0 Å². The molecule has 0 fully saturated rings. The fourth-order valence-electron chi connectivity index (χ4n) is 0.589. The van der Waals surface area contributed by atoms with Crippen molar-refractivity contribution in [1.82, 2.24) is 0 Å². The number of rotatable bonds is 2.